The smallest absolute Gasteiger partial charge is 0.274 e. The highest BCUT2D eigenvalue weighted by atomic mass is 16.6. The van der Waals surface area contributed by atoms with E-state index in [1.165, 1.54) is 7.11 Å². The summed E-state index contributed by atoms with van der Waals surface area (Å²) >= 11 is 0. The van der Waals surface area contributed by atoms with Gasteiger partial charge in [0.25, 0.3) is 11.5 Å². The van der Waals surface area contributed by atoms with Crippen molar-refractivity contribution in [2.45, 2.75) is 20.4 Å². The van der Waals surface area contributed by atoms with Crippen LogP contribution in [0.4, 0.5) is 17.3 Å². The molecule has 208 valence electrons. The zero-order valence-corrected chi connectivity index (χ0v) is 22.8. The Bertz CT molecular complexity index is 1560. The van der Waals surface area contributed by atoms with Gasteiger partial charge >= 0.3 is 0 Å². The molecule has 0 unspecified atom stereocenters. The highest BCUT2D eigenvalue weighted by Crippen LogP contribution is 2.27. The Labute approximate surface area is 231 Å². The molecule has 0 saturated carbocycles. The molecule has 0 radical (unpaired) electrons. The molecular formula is C29H32N6O5. The second kappa shape index (κ2) is 12.1. The molecule has 0 aliphatic carbocycles. The van der Waals surface area contributed by atoms with Crippen molar-refractivity contribution >= 4 is 34.3 Å². The van der Waals surface area contributed by atoms with Crippen LogP contribution in [0.5, 0.6) is 5.75 Å². The van der Waals surface area contributed by atoms with Crippen LogP contribution in [0.3, 0.4) is 0 Å². The predicted molar refractivity (Wildman–Crippen MR) is 153 cm³/mol. The first-order chi connectivity index (χ1) is 19.5. The molecular weight excluding hydrogens is 512 g/mol. The highest BCUT2D eigenvalue weighted by Gasteiger charge is 2.17. The summed E-state index contributed by atoms with van der Waals surface area (Å²) in [5, 5.41) is 3.93. The summed E-state index contributed by atoms with van der Waals surface area (Å²) in [6, 6.07) is 14.8. The number of carbonyl (C=O) groups is 1. The topological polar surface area (TPSA) is 120 Å². The third-order valence-corrected chi connectivity index (χ3v) is 6.67. The number of morpholine rings is 1. The van der Waals surface area contributed by atoms with Crippen LogP contribution in [0.2, 0.25) is 0 Å². The number of ether oxygens (including phenoxy) is 2. The number of nitrogens with one attached hydrogen (secondary N) is 2. The molecule has 11 nitrogen and oxygen atoms in total. The normalized spacial score (nSPS) is 13.3. The Morgan fingerprint density at radius 2 is 1.85 bits per heavy atom. The van der Waals surface area contributed by atoms with E-state index in [0.717, 1.165) is 37.7 Å². The minimum Gasteiger partial charge on any atom is -0.497 e. The lowest BCUT2D eigenvalue weighted by atomic mass is 10.0. The van der Waals surface area contributed by atoms with Gasteiger partial charge in [0.1, 0.15) is 11.4 Å². The van der Waals surface area contributed by atoms with Crippen molar-refractivity contribution in [2.75, 3.05) is 50.2 Å². The van der Waals surface area contributed by atoms with Crippen molar-refractivity contribution in [1.29, 1.82) is 0 Å². The van der Waals surface area contributed by atoms with Gasteiger partial charge in [-0.25, -0.2) is 10.5 Å². The molecule has 0 spiro atoms. The van der Waals surface area contributed by atoms with Crippen molar-refractivity contribution in [3.8, 4) is 16.9 Å². The van der Waals surface area contributed by atoms with Crippen molar-refractivity contribution < 1.29 is 19.1 Å². The van der Waals surface area contributed by atoms with E-state index in [-0.39, 0.29) is 5.56 Å². The van der Waals surface area contributed by atoms with Crippen molar-refractivity contribution in [1.82, 2.24) is 20.0 Å². The van der Waals surface area contributed by atoms with E-state index in [2.05, 4.69) is 37.8 Å². The number of hydrogen-bond acceptors (Lipinski definition) is 9. The molecule has 11 heteroatoms. The number of aromatic nitrogens is 3. The number of methoxy groups -OCH3 is 1. The molecule has 0 bridgehead atoms. The highest BCUT2D eigenvalue weighted by molar-refractivity contribution is 5.95. The fourth-order valence-corrected chi connectivity index (χ4v) is 4.63. The van der Waals surface area contributed by atoms with E-state index < -0.39 is 5.91 Å². The summed E-state index contributed by atoms with van der Waals surface area (Å²) in [4.78, 5) is 42.7. The van der Waals surface area contributed by atoms with Crippen LogP contribution in [0.1, 0.15) is 24.2 Å². The van der Waals surface area contributed by atoms with Gasteiger partial charge in [0, 0.05) is 53.7 Å². The molecule has 2 aromatic carbocycles. The fourth-order valence-electron chi connectivity index (χ4n) is 4.63. The Morgan fingerprint density at radius 3 is 2.55 bits per heavy atom. The first kappa shape index (κ1) is 27.1. The average molecular weight is 545 g/mol. The Hall–Kier alpha value is -4.48. The lowest BCUT2D eigenvalue weighted by molar-refractivity contribution is 0.0364. The number of benzene rings is 2. The minimum atomic E-state index is -0.435. The van der Waals surface area contributed by atoms with Gasteiger partial charge in [0.05, 0.1) is 26.9 Å². The van der Waals surface area contributed by atoms with E-state index in [1.54, 1.807) is 42.0 Å². The summed E-state index contributed by atoms with van der Waals surface area (Å²) in [7, 11) is 1.51. The molecule has 1 fully saturated rings. The molecule has 40 heavy (non-hydrogen) atoms. The van der Waals surface area contributed by atoms with Gasteiger partial charge in [-0.2, -0.15) is 4.98 Å². The standard InChI is InChI=1S/C29H32N6O5/c1-4-35-26-21(17-25(28(35)37)19-14-20(16-24(15-19)38-3)27(36)33-40-5-2)18-30-29(32-26)31-22-6-8-23(9-7-22)34-10-12-39-13-11-34/h6-9,14-18H,4-5,10-13H2,1-3H3,(H,33,36)(H,30,31,32). The van der Waals surface area contributed by atoms with Crippen LogP contribution in [0, 0.1) is 0 Å². The molecule has 0 atom stereocenters. The Balaban J connectivity index is 1.46. The number of fused-ring (bicyclic) bond motifs is 1. The van der Waals surface area contributed by atoms with Crippen molar-refractivity contribution in [3.63, 3.8) is 0 Å². The van der Waals surface area contributed by atoms with Gasteiger partial charge in [-0.05, 0) is 67.9 Å². The minimum absolute atomic E-state index is 0.237. The quantitative estimate of drug-likeness (QED) is 0.304. The van der Waals surface area contributed by atoms with Crippen LogP contribution >= 0.6 is 0 Å². The summed E-state index contributed by atoms with van der Waals surface area (Å²) < 4.78 is 12.4. The zero-order chi connectivity index (χ0) is 28.1. The number of hydrogen-bond donors (Lipinski definition) is 2. The van der Waals surface area contributed by atoms with Gasteiger partial charge in [-0.1, -0.05) is 0 Å². The molecule has 4 aromatic rings. The second-order valence-corrected chi connectivity index (χ2v) is 9.17. The molecule has 1 aliphatic heterocycles. The number of aryl methyl sites for hydroxylation is 1. The number of pyridine rings is 1. The van der Waals surface area contributed by atoms with Crippen molar-refractivity contribution in [3.05, 3.63) is 70.6 Å². The average Bonchev–Trinajstić information content (AvgIpc) is 3.00. The van der Waals surface area contributed by atoms with Crippen LogP contribution in [0.25, 0.3) is 22.2 Å². The molecule has 1 aliphatic rings. The second-order valence-electron chi connectivity index (χ2n) is 9.17. The molecule has 1 amide bonds. The molecule has 5 rings (SSSR count). The van der Waals surface area contributed by atoms with E-state index in [4.69, 9.17) is 14.3 Å². The lowest BCUT2D eigenvalue weighted by Gasteiger charge is -2.28. The third-order valence-electron chi connectivity index (χ3n) is 6.67. The van der Waals surface area contributed by atoms with E-state index in [9.17, 15) is 9.59 Å². The van der Waals surface area contributed by atoms with Crippen molar-refractivity contribution in [2.24, 2.45) is 0 Å². The first-order valence-electron chi connectivity index (χ1n) is 13.2. The number of nitrogens with zero attached hydrogens (tertiary/aromatic N) is 4. The SMILES string of the molecule is CCONC(=O)c1cc(OC)cc(-c2cc3cnc(Nc4ccc(N5CCOCC5)cc4)nc3n(CC)c2=O)c1. The number of anilines is 3. The number of hydroxylamine groups is 1. The van der Waals surface area contributed by atoms with E-state index in [1.807, 2.05) is 19.1 Å². The van der Waals surface area contributed by atoms with Gasteiger partial charge in [-0.15, -0.1) is 0 Å². The fraction of sp³-hybridized carbons (Fsp3) is 0.310. The summed E-state index contributed by atoms with van der Waals surface area (Å²) in [5.74, 6) is 0.394. The maximum atomic E-state index is 13.6. The maximum Gasteiger partial charge on any atom is 0.274 e. The van der Waals surface area contributed by atoms with E-state index in [0.29, 0.717) is 52.6 Å². The molecule has 1 saturated heterocycles. The molecule has 3 heterocycles. The third kappa shape index (κ3) is 5.75. The largest absolute Gasteiger partial charge is 0.497 e. The van der Waals surface area contributed by atoms with Gasteiger partial charge in [-0.3, -0.25) is 19.0 Å². The number of rotatable bonds is 9. The Morgan fingerprint density at radius 1 is 1.07 bits per heavy atom. The summed E-state index contributed by atoms with van der Waals surface area (Å²) in [5.41, 5.74) is 5.88. The summed E-state index contributed by atoms with van der Waals surface area (Å²) in [6.45, 7) is 7.58. The van der Waals surface area contributed by atoms with Crippen LogP contribution in [-0.4, -0.2) is 60.5 Å². The number of amides is 1. The van der Waals surface area contributed by atoms with Crippen LogP contribution in [0.15, 0.2) is 59.5 Å². The Kier molecular flexibility index (Phi) is 8.23. The summed E-state index contributed by atoms with van der Waals surface area (Å²) in [6.07, 6.45) is 1.69. The van der Waals surface area contributed by atoms with E-state index >= 15 is 0 Å². The molecule has 2 aromatic heterocycles. The van der Waals surface area contributed by atoms with Gasteiger partial charge in [0.15, 0.2) is 0 Å². The monoisotopic (exact) mass is 544 g/mol. The predicted octanol–water partition coefficient (Wildman–Crippen LogP) is 3.75. The zero-order valence-electron chi connectivity index (χ0n) is 22.8. The lowest BCUT2D eigenvalue weighted by Crippen LogP contribution is -2.36. The molecule has 2 N–H and O–H groups in total. The number of carbonyl (C=O) groups excluding carboxylic acids is 1. The van der Waals surface area contributed by atoms with Crippen LogP contribution < -0.4 is 26.0 Å². The van der Waals surface area contributed by atoms with Gasteiger partial charge < -0.3 is 19.7 Å². The van der Waals surface area contributed by atoms with Crippen LogP contribution in [-0.2, 0) is 16.1 Å². The van der Waals surface area contributed by atoms with Gasteiger partial charge in [0.2, 0.25) is 5.95 Å². The maximum absolute atomic E-state index is 13.6. The first-order valence-corrected chi connectivity index (χ1v) is 13.2.